The molecule has 0 saturated carbocycles. The molecule has 1 aromatic heterocycles. The number of hydrogen-bond donors (Lipinski definition) is 0. The summed E-state index contributed by atoms with van der Waals surface area (Å²) in [6.07, 6.45) is 4.20. The van der Waals surface area contributed by atoms with Gasteiger partial charge in [-0.25, -0.2) is 0 Å². The highest BCUT2D eigenvalue weighted by Crippen LogP contribution is 2.43. The predicted molar refractivity (Wildman–Crippen MR) is 85.8 cm³/mol. The summed E-state index contributed by atoms with van der Waals surface area (Å²) in [7, 11) is 0. The number of aryl methyl sites for hydroxylation is 1. The van der Waals surface area contributed by atoms with Crippen molar-refractivity contribution in [1.82, 2.24) is 5.16 Å². The lowest BCUT2D eigenvalue weighted by atomic mass is 9.74. The lowest BCUT2D eigenvalue weighted by Crippen LogP contribution is -2.26. The van der Waals surface area contributed by atoms with Crippen LogP contribution in [-0.2, 0) is 6.42 Å². The normalized spacial score (nSPS) is 21.1. The summed E-state index contributed by atoms with van der Waals surface area (Å²) in [5, 5.41) is 4.39. The Morgan fingerprint density at radius 2 is 2.00 bits per heavy atom. The first-order chi connectivity index (χ1) is 10.3. The monoisotopic (exact) mass is 284 g/mol. The molecule has 3 nitrogen and oxygen atoms in total. The summed E-state index contributed by atoms with van der Waals surface area (Å²) in [6.45, 7) is 8.65. The van der Waals surface area contributed by atoms with Crippen LogP contribution >= 0.6 is 0 Å². The molecule has 0 amide bonds. The van der Waals surface area contributed by atoms with Crippen molar-refractivity contribution in [2.45, 2.75) is 39.5 Å². The Kier molecular flexibility index (Phi) is 4.00. The van der Waals surface area contributed by atoms with E-state index in [4.69, 9.17) is 4.52 Å². The van der Waals surface area contributed by atoms with Gasteiger partial charge < -0.3 is 9.42 Å². The number of hydrogen-bond acceptors (Lipinski definition) is 3. The van der Waals surface area contributed by atoms with Crippen molar-refractivity contribution >= 4 is 5.69 Å². The van der Waals surface area contributed by atoms with Crippen molar-refractivity contribution < 1.29 is 4.52 Å². The summed E-state index contributed by atoms with van der Waals surface area (Å²) in [4.78, 5) is 2.33. The minimum Gasteiger partial charge on any atom is -0.368 e. The van der Waals surface area contributed by atoms with Crippen LogP contribution in [0.2, 0.25) is 0 Å². The molecule has 0 saturated heterocycles. The van der Waals surface area contributed by atoms with E-state index in [0.29, 0.717) is 11.8 Å². The van der Waals surface area contributed by atoms with Gasteiger partial charge in [0.2, 0.25) is 0 Å². The fraction of sp³-hybridized carbons (Fsp3) is 0.500. The Balaban J connectivity index is 2.06. The standard InChI is InChI=1S/C18H24N2O/c1-4-20(5-2)16-12-21-19-18(16)17-13(3)10-11-14-8-6-7-9-15(14)17/h6-9,12-13,17H,4-5,10-11H2,1-3H3. The second kappa shape index (κ2) is 5.92. The summed E-state index contributed by atoms with van der Waals surface area (Å²) < 4.78 is 5.36. The van der Waals surface area contributed by atoms with Gasteiger partial charge in [-0.2, -0.15) is 0 Å². The van der Waals surface area contributed by atoms with Crippen molar-refractivity contribution in [2.75, 3.05) is 18.0 Å². The Labute approximate surface area is 126 Å². The summed E-state index contributed by atoms with van der Waals surface area (Å²) in [6, 6.07) is 8.79. The molecule has 3 heteroatoms. The molecule has 112 valence electrons. The van der Waals surface area contributed by atoms with E-state index in [9.17, 15) is 0 Å². The van der Waals surface area contributed by atoms with Gasteiger partial charge in [0, 0.05) is 19.0 Å². The van der Waals surface area contributed by atoms with Crippen LogP contribution in [0.1, 0.15) is 49.9 Å². The highest BCUT2D eigenvalue weighted by Gasteiger charge is 2.32. The van der Waals surface area contributed by atoms with Gasteiger partial charge in [-0.05, 0) is 43.7 Å². The molecule has 2 unspecified atom stereocenters. The maximum absolute atomic E-state index is 5.36. The molecule has 2 aromatic rings. The van der Waals surface area contributed by atoms with Crippen molar-refractivity contribution in [3.05, 3.63) is 47.3 Å². The van der Waals surface area contributed by atoms with Gasteiger partial charge in [0.05, 0.1) is 0 Å². The van der Waals surface area contributed by atoms with E-state index in [1.807, 2.05) is 6.26 Å². The highest BCUT2D eigenvalue weighted by molar-refractivity contribution is 5.53. The van der Waals surface area contributed by atoms with E-state index in [0.717, 1.165) is 24.5 Å². The Hall–Kier alpha value is -1.77. The van der Waals surface area contributed by atoms with E-state index in [1.54, 1.807) is 0 Å². The molecule has 0 bridgehead atoms. The number of benzene rings is 1. The van der Waals surface area contributed by atoms with Crippen LogP contribution < -0.4 is 4.90 Å². The van der Waals surface area contributed by atoms with Gasteiger partial charge in [-0.15, -0.1) is 0 Å². The number of anilines is 1. The highest BCUT2D eigenvalue weighted by atomic mass is 16.5. The average molecular weight is 284 g/mol. The molecule has 1 aromatic carbocycles. The number of fused-ring (bicyclic) bond motifs is 1. The average Bonchev–Trinajstić information content (AvgIpc) is 2.97. The van der Waals surface area contributed by atoms with Gasteiger partial charge >= 0.3 is 0 Å². The van der Waals surface area contributed by atoms with E-state index in [1.165, 1.54) is 24.0 Å². The third-order valence-corrected chi connectivity index (χ3v) is 4.80. The van der Waals surface area contributed by atoms with Gasteiger partial charge in [0.15, 0.2) is 0 Å². The van der Waals surface area contributed by atoms with Crippen LogP contribution in [-0.4, -0.2) is 18.2 Å². The van der Waals surface area contributed by atoms with Crippen LogP contribution in [0.25, 0.3) is 0 Å². The molecule has 0 spiro atoms. The number of nitrogens with zero attached hydrogens (tertiary/aromatic N) is 2. The molecule has 0 fully saturated rings. The first-order valence-electron chi connectivity index (χ1n) is 8.03. The predicted octanol–water partition coefficient (Wildman–Crippen LogP) is 4.24. The van der Waals surface area contributed by atoms with E-state index in [2.05, 4.69) is 55.1 Å². The topological polar surface area (TPSA) is 29.3 Å². The SMILES string of the molecule is CCN(CC)c1conc1C1c2ccccc2CCC1C. The number of aromatic nitrogens is 1. The fourth-order valence-corrected chi connectivity index (χ4v) is 3.60. The molecular formula is C18H24N2O. The molecule has 1 aliphatic rings. The largest absolute Gasteiger partial charge is 0.368 e. The minimum absolute atomic E-state index is 0.351. The zero-order valence-electron chi connectivity index (χ0n) is 13.2. The Morgan fingerprint density at radius 1 is 1.24 bits per heavy atom. The summed E-state index contributed by atoms with van der Waals surface area (Å²) >= 11 is 0. The third-order valence-electron chi connectivity index (χ3n) is 4.80. The molecule has 0 N–H and O–H groups in total. The first-order valence-corrected chi connectivity index (χ1v) is 8.03. The lowest BCUT2D eigenvalue weighted by molar-refractivity contribution is 0.382. The minimum atomic E-state index is 0.351. The molecule has 2 atom stereocenters. The maximum Gasteiger partial charge on any atom is 0.147 e. The zero-order chi connectivity index (χ0) is 14.8. The molecule has 1 aliphatic carbocycles. The van der Waals surface area contributed by atoms with Crippen molar-refractivity contribution in [2.24, 2.45) is 5.92 Å². The zero-order valence-corrected chi connectivity index (χ0v) is 13.2. The van der Waals surface area contributed by atoms with Crippen LogP contribution in [0.15, 0.2) is 35.1 Å². The first kappa shape index (κ1) is 14.2. The van der Waals surface area contributed by atoms with Crippen molar-refractivity contribution in [3.8, 4) is 0 Å². The van der Waals surface area contributed by atoms with E-state index < -0.39 is 0 Å². The Bertz CT molecular complexity index is 601. The second-order valence-electron chi connectivity index (χ2n) is 5.95. The molecule has 21 heavy (non-hydrogen) atoms. The molecule has 0 radical (unpaired) electrons. The van der Waals surface area contributed by atoms with Gasteiger partial charge in [0.25, 0.3) is 0 Å². The van der Waals surface area contributed by atoms with Gasteiger partial charge in [-0.1, -0.05) is 36.3 Å². The van der Waals surface area contributed by atoms with Crippen LogP contribution in [0.4, 0.5) is 5.69 Å². The summed E-state index contributed by atoms with van der Waals surface area (Å²) in [5.41, 5.74) is 5.17. The van der Waals surface area contributed by atoms with Crippen molar-refractivity contribution in [3.63, 3.8) is 0 Å². The van der Waals surface area contributed by atoms with E-state index in [-0.39, 0.29) is 0 Å². The fourth-order valence-electron chi connectivity index (χ4n) is 3.60. The van der Waals surface area contributed by atoms with Crippen LogP contribution in [0.3, 0.4) is 0 Å². The van der Waals surface area contributed by atoms with Crippen LogP contribution in [0.5, 0.6) is 0 Å². The van der Waals surface area contributed by atoms with Gasteiger partial charge in [-0.3, -0.25) is 0 Å². The van der Waals surface area contributed by atoms with Gasteiger partial charge in [0.1, 0.15) is 17.6 Å². The third kappa shape index (κ3) is 2.45. The van der Waals surface area contributed by atoms with Crippen molar-refractivity contribution in [1.29, 1.82) is 0 Å². The molecule has 1 heterocycles. The van der Waals surface area contributed by atoms with Crippen LogP contribution in [0, 0.1) is 5.92 Å². The number of rotatable bonds is 4. The smallest absolute Gasteiger partial charge is 0.147 e. The van der Waals surface area contributed by atoms with E-state index >= 15 is 0 Å². The molecule has 3 rings (SSSR count). The lowest BCUT2D eigenvalue weighted by Gasteiger charge is -2.32. The quantitative estimate of drug-likeness (QED) is 0.841. The Morgan fingerprint density at radius 3 is 2.76 bits per heavy atom. The second-order valence-corrected chi connectivity index (χ2v) is 5.95. The maximum atomic E-state index is 5.36. The molecule has 0 aliphatic heterocycles. The molecular weight excluding hydrogens is 260 g/mol. The summed E-state index contributed by atoms with van der Waals surface area (Å²) in [5.74, 6) is 0.948.